The summed E-state index contributed by atoms with van der Waals surface area (Å²) in [4.78, 5) is 4.06. The predicted octanol–water partition coefficient (Wildman–Crippen LogP) is 1.65. The van der Waals surface area contributed by atoms with Crippen molar-refractivity contribution in [3.8, 4) is 0 Å². The van der Waals surface area contributed by atoms with E-state index in [4.69, 9.17) is 5.73 Å². The maximum absolute atomic E-state index is 5.67. The van der Waals surface area contributed by atoms with Crippen molar-refractivity contribution < 1.29 is 0 Å². The second-order valence-electron chi connectivity index (χ2n) is 4.38. The Bertz CT molecular complexity index is 248. The van der Waals surface area contributed by atoms with E-state index in [1.807, 2.05) is 12.5 Å². The fourth-order valence-electron chi connectivity index (χ4n) is 2.34. The molecule has 1 aliphatic carbocycles. The lowest BCUT2D eigenvalue weighted by Crippen LogP contribution is -2.23. The Labute approximate surface area is 85.3 Å². The molecule has 0 bridgehead atoms. The van der Waals surface area contributed by atoms with Crippen LogP contribution in [0.15, 0.2) is 18.7 Å². The van der Waals surface area contributed by atoms with Crippen LogP contribution in [-0.2, 0) is 6.54 Å². The number of aromatic nitrogens is 2. The summed E-state index contributed by atoms with van der Waals surface area (Å²) in [5.74, 6) is 1.63. The van der Waals surface area contributed by atoms with Crippen molar-refractivity contribution in [2.24, 2.45) is 17.6 Å². The van der Waals surface area contributed by atoms with Crippen LogP contribution < -0.4 is 5.73 Å². The van der Waals surface area contributed by atoms with Crippen molar-refractivity contribution in [1.29, 1.82) is 0 Å². The maximum atomic E-state index is 5.67. The van der Waals surface area contributed by atoms with Crippen LogP contribution in [0.1, 0.15) is 25.7 Å². The van der Waals surface area contributed by atoms with Gasteiger partial charge in [-0.15, -0.1) is 0 Å². The smallest absolute Gasteiger partial charge is 0.0945 e. The second-order valence-corrected chi connectivity index (χ2v) is 4.38. The topological polar surface area (TPSA) is 43.8 Å². The molecule has 0 spiro atoms. The Hall–Kier alpha value is -0.830. The van der Waals surface area contributed by atoms with Crippen LogP contribution in [0, 0.1) is 11.8 Å². The van der Waals surface area contributed by atoms with Crippen LogP contribution in [0.4, 0.5) is 0 Å². The third-order valence-corrected chi connectivity index (χ3v) is 3.33. The van der Waals surface area contributed by atoms with Crippen LogP contribution in [0.25, 0.3) is 0 Å². The van der Waals surface area contributed by atoms with Crippen molar-refractivity contribution in [2.45, 2.75) is 32.2 Å². The zero-order chi connectivity index (χ0) is 9.80. The standard InChI is InChI=1S/C11H19N3/c12-7-10-1-3-11(4-2-10)8-14-6-5-13-9-14/h5-6,9-11H,1-4,7-8,12H2. The molecule has 1 fully saturated rings. The molecule has 1 heterocycles. The van der Waals surface area contributed by atoms with E-state index in [9.17, 15) is 0 Å². The lowest BCUT2D eigenvalue weighted by atomic mass is 9.82. The van der Waals surface area contributed by atoms with E-state index in [0.29, 0.717) is 0 Å². The lowest BCUT2D eigenvalue weighted by Gasteiger charge is -2.27. The van der Waals surface area contributed by atoms with Crippen molar-refractivity contribution in [1.82, 2.24) is 9.55 Å². The van der Waals surface area contributed by atoms with E-state index < -0.39 is 0 Å². The van der Waals surface area contributed by atoms with E-state index in [1.165, 1.54) is 25.7 Å². The first-order valence-corrected chi connectivity index (χ1v) is 5.54. The molecule has 0 radical (unpaired) electrons. The first-order valence-electron chi connectivity index (χ1n) is 5.54. The van der Waals surface area contributed by atoms with Gasteiger partial charge >= 0.3 is 0 Å². The minimum absolute atomic E-state index is 0.786. The van der Waals surface area contributed by atoms with Gasteiger partial charge < -0.3 is 10.3 Å². The highest BCUT2D eigenvalue weighted by Gasteiger charge is 2.19. The van der Waals surface area contributed by atoms with Crippen LogP contribution >= 0.6 is 0 Å². The van der Waals surface area contributed by atoms with Crippen LogP contribution in [-0.4, -0.2) is 16.1 Å². The number of imidazole rings is 1. The molecule has 3 heteroatoms. The summed E-state index contributed by atoms with van der Waals surface area (Å²) in [5, 5.41) is 0. The quantitative estimate of drug-likeness (QED) is 0.793. The van der Waals surface area contributed by atoms with Gasteiger partial charge in [0.25, 0.3) is 0 Å². The molecule has 2 rings (SSSR count). The molecule has 78 valence electrons. The molecular weight excluding hydrogens is 174 g/mol. The van der Waals surface area contributed by atoms with Gasteiger partial charge in [-0.2, -0.15) is 0 Å². The SMILES string of the molecule is NCC1CCC(Cn2ccnc2)CC1. The van der Waals surface area contributed by atoms with Gasteiger partial charge in [0.1, 0.15) is 0 Å². The number of hydrogen-bond donors (Lipinski definition) is 1. The summed E-state index contributed by atoms with van der Waals surface area (Å²) in [6.07, 6.45) is 11.1. The molecule has 0 aliphatic heterocycles. The average Bonchev–Trinajstić information content (AvgIpc) is 2.72. The molecule has 0 saturated heterocycles. The van der Waals surface area contributed by atoms with Gasteiger partial charge in [-0.25, -0.2) is 4.98 Å². The highest BCUT2D eigenvalue weighted by molar-refractivity contribution is 4.78. The summed E-state index contributed by atoms with van der Waals surface area (Å²) < 4.78 is 2.19. The summed E-state index contributed by atoms with van der Waals surface area (Å²) >= 11 is 0. The van der Waals surface area contributed by atoms with Crippen molar-refractivity contribution in [2.75, 3.05) is 6.54 Å². The largest absolute Gasteiger partial charge is 0.337 e. The molecule has 1 saturated carbocycles. The Kier molecular flexibility index (Phi) is 3.19. The average molecular weight is 193 g/mol. The van der Waals surface area contributed by atoms with Gasteiger partial charge in [-0.3, -0.25) is 0 Å². The molecule has 1 aliphatic rings. The normalized spacial score (nSPS) is 27.8. The number of rotatable bonds is 3. The Balaban J connectivity index is 1.79. The van der Waals surface area contributed by atoms with Gasteiger partial charge in [0, 0.05) is 18.9 Å². The van der Waals surface area contributed by atoms with E-state index in [2.05, 4.69) is 15.7 Å². The zero-order valence-electron chi connectivity index (χ0n) is 8.60. The van der Waals surface area contributed by atoms with Crippen LogP contribution in [0.2, 0.25) is 0 Å². The Morgan fingerprint density at radius 1 is 1.21 bits per heavy atom. The van der Waals surface area contributed by atoms with Gasteiger partial charge in [-0.05, 0) is 44.1 Å². The number of hydrogen-bond acceptors (Lipinski definition) is 2. The fraction of sp³-hybridized carbons (Fsp3) is 0.727. The fourth-order valence-corrected chi connectivity index (χ4v) is 2.34. The van der Waals surface area contributed by atoms with Gasteiger partial charge in [0.2, 0.25) is 0 Å². The second kappa shape index (κ2) is 4.60. The first kappa shape index (κ1) is 9.71. The molecular formula is C11H19N3. The molecule has 0 aromatic carbocycles. The minimum atomic E-state index is 0.786. The van der Waals surface area contributed by atoms with Crippen molar-refractivity contribution >= 4 is 0 Å². The zero-order valence-corrected chi connectivity index (χ0v) is 8.60. The molecule has 1 aromatic heterocycles. The highest BCUT2D eigenvalue weighted by atomic mass is 15.0. The van der Waals surface area contributed by atoms with E-state index >= 15 is 0 Å². The maximum Gasteiger partial charge on any atom is 0.0945 e. The molecule has 3 nitrogen and oxygen atoms in total. The number of nitrogens with zero attached hydrogens (tertiary/aromatic N) is 2. The summed E-state index contributed by atoms with van der Waals surface area (Å²) in [7, 11) is 0. The van der Waals surface area contributed by atoms with Gasteiger partial charge in [0.05, 0.1) is 6.33 Å². The van der Waals surface area contributed by atoms with E-state index in [0.717, 1.165) is 24.9 Å². The Morgan fingerprint density at radius 3 is 2.50 bits per heavy atom. The monoisotopic (exact) mass is 193 g/mol. The van der Waals surface area contributed by atoms with E-state index in [1.54, 1.807) is 0 Å². The lowest BCUT2D eigenvalue weighted by molar-refractivity contribution is 0.256. The molecule has 0 unspecified atom stereocenters. The number of nitrogens with two attached hydrogens (primary N) is 1. The molecule has 0 amide bonds. The highest BCUT2D eigenvalue weighted by Crippen LogP contribution is 2.28. The summed E-state index contributed by atoms with van der Waals surface area (Å²) in [6, 6.07) is 0. The first-order chi connectivity index (χ1) is 6.88. The molecule has 2 N–H and O–H groups in total. The van der Waals surface area contributed by atoms with Gasteiger partial charge in [0.15, 0.2) is 0 Å². The van der Waals surface area contributed by atoms with Crippen LogP contribution in [0.3, 0.4) is 0 Å². The van der Waals surface area contributed by atoms with Crippen molar-refractivity contribution in [3.63, 3.8) is 0 Å². The molecule has 0 atom stereocenters. The van der Waals surface area contributed by atoms with Gasteiger partial charge in [-0.1, -0.05) is 0 Å². The summed E-state index contributed by atoms with van der Waals surface area (Å²) in [5.41, 5.74) is 5.67. The predicted molar refractivity (Wildman–Crippen MR) is 56.7 cm³/mol. The minimum Gasteiger partial charge on any atom is -0.337 e. The molecule has 1 aromatic rings. The van der Waals surface area contributed by atoms with Crippen molar-refractivity contribution in [3.05, 3.63) is 18.7 Å². The van der Waals surface area contributed by atoms with E-state index in [-0.39, 0.29) is 0 Å². The van der Waals surface area contributed by atoms with Crippen LogP contribution in [0.5, 0.6) is 0 Å². The third kappa shape index (κ3) is 2.35. The Morgan fingerprint density at radius 2 is 1.93 bits per heavy atom. The summed E-state index contributed by atoms with van der Waals surface area (Å²) in [6.45, 7) is 2.01. The molecule has 14 heavy (non-hydrogen) atoms. The third-order valence-electron chi connectivity index (χ3n) is 3.33.